The zero-order chi connectivity index (χ0) is 14.0. The number of primary amides is 1. The predicted octanol–water partition coefficient (Wildman–Crippen LogP) is 2.00. The molecule has 3 N–H and O–H groups in total. The number of thiol groups is 1. The maximum atomic E-state index is 11.8. The van der Waals surface area contributed by atoms with Gasteiger partial charge in [-0.1, -0.05) is 48.0 Å². The van der Waals surface area contributed by atoms with Crippen LogP contribution in [0.15, 0.2) is 53.4 Å². The molecule has 0 radical (unpaired) electrons. The summed E-state index contributed by atoms with van der Waals surface area (Å²) in [7, 11) is 0. The van der Waals surface area contributed by atoms with E-state index in [0.717, 1.165) is 5.56 Å². The highest BCUT2D eigenvalue weighted by molar-refractivity contribution is 7.80. The summed E-state index contributed by atoms with van der Waals surface area (Å²) in [6.45, 7) is 1.91. The van der Waals surface area contributed by atoms with Crippen molar-refractivity contribution in [2.75, 3.05) is 0 Å². The van der Waals surface area contributed by atoms with Gasteiger partial charge in [0.25, 0.3) is 5.91 Å². The Bertz CT molecular complexity index is 613. The molecule has 19 heavy (non-hydrogen) atoms. The molecule has 0 spiro atoms. The smallest absolute Gasteiger partial charge is 0.258 e. The third-order valence-corrected chi connectivity index (χ3v) is 3.46. The second-order valence-corrected chi connectivity index (χ2v) is 4.94. The standard InChI is InChI=1S/C15H15NO2S/c1-10-7-8-12(13(19)9-10)15(18,14(16)17)11-5-3-2-4-6-11/h2-9,18-19H,1H3,(H2,16,17). The number of aryl methyl sites for hydroxylation is 1. The lowest BCUT2D eigenvalue weighted by atomic mass is 9.85. The Balaban J connectivity index is 2.67. The molecule has 0 aliphatic carbocycles. The van der Waals surface area contributed by atoms with Gasteiger partial charge in [0, 0.05) is 10.5 Å². The Hall–Kier alpha value is -1.78. The molecule has 0 bridgehead atoms. The van der Waals surface area contributed by atoms with Crippen molar-refractivity contribution in [3.63, 3.8) is 0 Å². The average molecular weight is 273 g/mol. The van der Waals surface area contributed by atoms with Crippen molar-refractivity contribution >= 4 is 18.5 Å². The molecule has 98 valence electrons. The number of rotatable bonds is 3. The van der Waals surface area contributed by atoms with E-state index in [4.69, 9.17) is 5.73 Å². The molecule has 0 heterocycles. The fourth-order valence-electron chi connectivity index (χ4n) is 2.06. The van der Waals surface area contributed by atoms with Crippen molar-refractivity contribution in [1.82, 2.24) is 0 Å². The second-order valence-electron chi connectivity index (χ2n) is 4.46. The van der Waals surface area contributed by atoms with E-state index in [1.165, 1.54) is 0 Å². The van der Waals surface area contributed by atoms with Gasteiger partial charge in [0.15, 0.2) is 5.60 Å². The van der Waals surface area contributed by atoms with E-state index in [2.05, 4.69) is 12.6 Å². The summed E-state index contributed by atoms with van der Waals surface area (Å²) >= 11 is 4.34. The van der Waals surface area contributed by atoms with Crippen LogP contribution in [-0.4, -0.2) is 11.0 Å². The predicted molar refractivity (Wildman–Crippen MR) is 77.1 cm³/mol. The molecular weight excluding hydrogens is 258 g/mol. The molecule has 2 aromatic rings. The van der Waals surface area contributed by atoms with Gasteiger partial charge >= 0.3 is 0 Å². The van der Waals surface area contributed by atoms with Crippen molar-refractivity contribution in [2.45, 2.75) is 17.4 Å². The van der Waals surface area contributed by atoms with Crippen LogP contribution < -0.4 is 5.73 Å². The van der Waals surface area contributed by atoms with Crippen LogP contribution in [0.5, 0.6) is 0 Å². The van der Waals surface area contributed by atoms with Gasteiger partial charge in [-0.25, -0.2) is 0 Å². The lowest BCUT2D eigenvalue weighted by molar-refractivity contribution is -0.133. The summed E-state index contributed by atoms with van der Waals surface area (Å²) in [5, 5.41) is 10.8. The Labute approximate surface area is 117 Å². The van der Waals surface area contributed by atoms with Crippen LogP contribution in [0.1, 0.15) is 16.7 Å². The quantitative estimate of drug-likeness (QED) is 0.749. The number of hydrogen-bond donors (Lipinski definition) is 3. The topological polar surface area (TPSA) is 63.3 Å². The Morgan fingerprint density at radius 2 is 1.84 bits per heavy atom. The van der Waals surface area contributed by atoms with E-state index in [1.807, 2.05) is 19.1 Å². The molecule has 2 rings (SSSR count). The molecule has 0 fully saturated rings. The summed E-state index contributed by atoms with van der Waals surface area (Å²) < 4.78 is 0. The number of hydrogen-bond acceptors (Lipinski definition) is 3. The third kappa shape index (κ3) is 2.37. The number of nitrogens with two attached hydrogens (primary N) is 1. The highest BCUT2D eigenvalue weighted by atomic mass is 32.1. The first-order valence-corrected chi connectivity index (χ1v) is 6.29. The van der Waals surface area contributed by atoms with E-state index in [1.54, 1.807) is 36.4 Å². The number of benzene rings is 2. The minimum atomic E-state index is -1.87. The van der Waals surface area contributed by atoms with Gasteiger partial charge in [-0.2, -0.15) is 0 Å². The molecule has 1 atom stereocenters. The largest absolute Gasteiger partial charge is 0.372 e. The highest BCUT2D eigenvalue weighted by Crippen LogP contribution is 2.33. The van der Waals surface area contributed by atoms with Crippen molar-refractivity contribution in [1.29, 1.82) is 0 Å². The van der Waals surface area contributed by atoms with Crippen LogP contribution in [0.3, 0.4) is 0 Å². The fourth-order valence-corrected chi connectivity index (χ4v) is 2.50. The van der Waals surface area contributed by atoms with Crippen LogP contribution in [0.4, 0.5) is 0 Å². The first-order valence-electron chi connectivity index (χ1n) is 5.84. The minimum Gasteiger partial charge on any atom is -0.372 e. The van der Waals surface area contributed by atoms with Crippen LogP contribution in [0.2, 0.25) is 0 Å². The molecule has 0 saturated carbocycles. The SMILES string of the molecule is Cc1ccc(C(O)(C(N)=O)c2ccccc2)c(S)c1. The van der Waals surface area contributed by atoms with Gasteiger partial charge in [-0.05, 0) is 18.6 Å². The molecule has 1 amide bonds. The van der Waals surface area contributed by atoms with Crippen molar-refractivity contribution in [3.05, 3.63) is 65.2 Å². The van der Waals surface area contributed by atoms with Gasteiger partial charge in [0.1, 0.15) is 0 Å². The lowest BCUT2D eigenvalue weighted by Crippen LogP contribution is -2.42. The molecule has 0 aromatic heterocycles. The zero-order valence-electron chi connectivity index (χ0n) is 10.5. The second kappa shape index (κ2) is 5.07. The summed E-state index contributed by atoms with van der Waals surface area (Å²) in [6.07, 6.45) is 0. The van der Waals surface area contributed by atoms with Crippen molar-refractivity contribution in [2.24, 2.45) is 5.73 Å². The van der Waals surface area contributed by atoms with Gasteiger partial charge in [-0.15, -0.1) is 12.6 Å². The fraction of sp³-hybridized carbons (Fsp3) is 0.133. The molecule has 0 aliphatic heterocycles. The molecule has 3 nitrogen and oxygen atoms in total. The van der Waals surface area contributed by atoms with Gasteiger partial charge in [0.05, 0.1) is 0 Å². The molecule has 0 saturated heterocycles. The van der Waals surface area contributed by atoms with Crippen LogP contribution in [-0.2, 0) is 10.4 Å². The van der Waals surface area contributed by atoms with Crippen LogP contribution in [0.25, 0.3) is 0 Å². The first-order chi connectivity index (χ1) is 8.96. The molecule has 1 unspecified atom stereocenters. The Morgan fingerprint density at radius 1 is 1.21 bits per heavy atom. The minimum absolute atomic E-state index is 0.389. The van der Waals surface area contributed by atoms with E-state index in [9.17, 15) is 9.90 Å². The molecule has 0 aliphatic rings. The van der Waals surface area contributed by atoms with Crippen molar-refractivity contribution < 1.29 is 9.90 Å². The molecule has 4 heteroatoms. The number of carbonyl (C=O) groups excluding carboxylic acids is 1. The van der Waals surface area contributed by atoms with Crippen LogP contribution >= 0.6 is 12.6 Å². The zero-order valence-corrected chi connectivity index (χ0v) is 11.4. The van der Waals surface area contributed by atoms with Crippen LogP contribution in [0, 0.1) is 6.92 Å². The van der Waals surface area contributed by atoms with Crippen molar-refractivity contribution in [3.8, 4) is 0 Å². The third-order valence-electron chi connectivity index (χ3n) is 3.09. The summed E-state index contributed by atoms with van der Waals surface area (Å²) in [6, 6.07) is 13.9. The normalized spacial score (nSPS) is 13.8. The summed E-state index contributed by atoms with van der Waals surface area (Å²) in [5.74, 6) is -0.821. The Kier molecular flexibility index (Phi) is 3.64. The lowest BCUT2D eigenvalue weighted by Gasteiger charge is -2.27. The van der Waals surface area contributed by atoms with Gasteiger partial charge in [-0.3, -0.25) is 4.79 Å². The number of carbonyl (C=O) groups is 1. The van der Waals surface area contributed by atoms with E-state index >= 15 is 0 Å². The average Bonchev–Trinajstić information content (AvgIpc) is 2.38. The van der Waals surface area contributed by atoms with E-state index < -0.39 is 11.5 Å². The molecule has 2 aromatic carbocycles. The monoisotopic (exact) mass is 273 g/mol. The Morgan fingerprint density at radius 3 is 2.37 bits per heavy atom. The van der Waals surface area contributed by atoms with E-state index in [-0.39, 0.29) is 0 Å². The first kappa shape index (κ1) is 13.6. The number of aliphatic hydroxyl groups is 1. The number of amides is 1. The maximum absolute atomic E-state index is 11.8. The highest BCUT2D eigenvalue weighted by Gasteiger charge is 2.39. The van der Waals surface area contributed by atoms with Gasteiger partial charge < -0.3 is 10.8 Å². The summed E-state index contributed by atoms with van der Waals surface area (Å²) in [5.41, 5.74) is 5.37. The van der Waals surface area contributed by atoms with Gasteiger partial charge in [0.2, 0.25) is 0 Å². The maximum Gasteiger partial charge on any atom is 0.258 e. The summed E-state index contributed by atoms with van der Waals surface area (Å²) in [4.78, 5) is 12.3. The van der Waals surface area contributed by atoms with E-state index in [0.29, 0.717) is 16.0 Å². The molecular formula is C15H15NO2S.